The second-order valence-electron chi connectivity index (χ2n) is 4.66. The summed E-state index contributed by atoms with van der Waals surface area (Å²) in [5.41, 5.74) is 1.74. The molecule has 0 radical (unpaired) electrons. The lowest BCUT2D eigenvalue weighted by atomic mass is 10.1. The smallest absolute Gasteiger partial charge is 0.238 e. The average molecular weight is 322 g/mol. The SMILES string of the molecule is CC(C)C(Br)C(=O)Nc1cccc(-n2ccnc2)c1. The monoisotopic (exact) mass is 321 g/mol. The van der Waals surface area contributed by atoms with Gasteiger partial charge in [-0.05, 0) is 24.1 Å². The molecule has 19 heavy (non-hydrogen) atoms. The van der Waals surface area contributed by atoms with E-state index in [1.807, 2.05) is 48.9 Å². The van der Waals surface area contributed by atoms with Crippen molar-refractivity contribution in [1.82, 2.24) is 9.55 Å². The first-order chi connectivity index (χ1) is 9.08. The van der Waals surface area contributed by atoms with E-state index in [4.69, 9.17) is 0 Å². The molecule has 1 aromatic heterocycles. The molecule has 5 heteroatoms. The molecule has 1 N–H and O–H groups in total. The highest BCUT2D eigenvalue weighted by atomic mass is 79.9. The molecule has 100 valence electrons. The number of nitrogens with one attached hydrogen (secondary N) is 1. The van der Waals surface area contributed by atoms with E-state index < -0.39 is 0 Å². The predicted octanol–water partition coefficient (Wildman–Crippen LogP) is 3.23. The second kappa shape index (κ2) is 6.02. The lowest BCUT2D eigenvalue weighted by molar-refractivity contribution is -0.116. The molecule has 0 saturated heterocycles. The summed E-state index contributed by atoms with van der Waals surface area (Å²) in [6.45, 7) is 4.00. The Bertz CT molecular complexity index is 552. The number of hydrogen-bond donors (Lipinski definition) is 1. The number of halogens is 1. The van der Waals surface area contributed by atoms with Crippen molar-refractivity contribution in [2.45, 2.75) is 18.7 Å². The molecule has 0 bridgehead atoms. The summed E-state index contributed by atoms with van der Waals surface area (Å²) in [6.07, 6.45) is 5.31. The number of carbonyl (C=O) groups is 1. The summed E-state index contributed by atoms with van der Waals surface area (Å²) in [6, 6.07) is 7.66. The summed E-state index contributed by atoms with van der Waals surface area (Å²) >= 11 is 3.40. The molecule has 0 aliphatic carbocycles. The maximum Gasteiger partial charge on any atom is 0.238 e. The van der Waals surface area contributed by atoms with Gasteiger partial charge in [0.25, 0.3) is 0 Å². The van der Waals surface area contributed by atoms with Crippen molar-refractivity contribution in [3.05, 3.63) is 43.0 Å². The van der Waals surface area contributed by atoms with Gasteiger partial charge in [0.05, 0.1) is 11.2 Å². The maximum atomic E-state index is 12.0. The lowest BCUT2D eigenvalue weighted by Crippen LogP contribution is -2.26. The van der Waals surface area contributed by atoms with E-state index in [9.17, 15) is 4.79 Å². The van der Waals surface area contributed by atoms with Gasteiger partial charge in [-0.2, -0.15) is 0 Å². The summed E-state index contributed by atoms with van der Waals surface area (Å²) in [7, 11) is 0. The van der Waals surface area contributed by atoms with Crippen LogP contribution in [0.2, 0.25) is 0 Å². The van der Waals surface area contributed by atoms with Crippen molar-refractivity contribution >= 4 is 27.5 Å². The van der Waals surface area contributed by atoms with Gasteiger partial charge in [-0.25, -0.2) is 4.98 Å². The summed E-state index contributed by atoms with van der Waals surface area (Å²) in [5, 5.41) is 2.91. The van der Waals surface area contributed by atoms with Gasteiger partial charge in [-0.1, -0.05) is 35.8 Å². The molecule has 1 atom stereocenters. The van der Waals surface area contributed by atoms with Crippen LogP contribution in [0.5, 0.6) is 0 Å². The maximum absolute atomic E-state index is 12.0. The minimum Gasteiger partial charge on any atom is -0.325 e. The normalized spacial score (nSPS) is 12.4. The molecule has 1 heterocycles. The van der Waals surface area contributed by atoms with E-state index in [1.54, 1.807) is 12.5 Å². The quantitative estimate of drug-likeness (QED) is 0.879. The molecule has 2 rings (SSSR count). The zero-order valence-corrected chi connectivity index (χ0v) is 12.5. The molecule has 0 aliphatic heterocycles. The standard InChI is InChI=1S/C14H16BrN3O/c1-10(2)13(15)14(19)17-11-4-3-5-12(8-11)18-7-6-16-9-18/h3-10,13H,1-2H3,(H,17,19). The van der Waals surface area contributed by atoms with E-state index in [1.165, 1.54) is 0 Å². The van der Waals surface area contributed by atoms with Gasteiger partial charge >= 0.3 is 0 Å². The van der Waals surface area contributed by atoms with Crippen LogP contribution in [0.3, 0.4) is 0 Å². The molecular formula is C14H16BrN3O. The van der Waals surface area contributed by atoms with E-state index in [-0.39, 0.29) is 16.7 Å². The van der Waals surface area contributed by atoms with Crippen molar-refractivity contribution in [3.63, 3.8) is 0 Å². The first-order valence-corrected chi connectivity index (χ1v) is 7.03. The number of alkyl halides is 1. The van der Waals surface area contributed by atoms with Crippen molar-refractivity contribution in [3.8, 4) is 5.69 Å². The average Bonchev–Trinajstić information content (AvgIpc) is 2.91. The zero-order valence-electron chi connectivity index (χ0n) is 10.9. The third-order valence-corrected chi connectivity index (χ3v) is 4.23. The minimum atomic E-state index is -0.190. The zero-order chi connectivity index (χ0) is 13.8. The highest BCUT2D eigenvalue weighted by Gasteiger charge is 2.18. The summed E-state index contributed by atoms with van der Waals surface area (Å²) < 4.78 is 1.89. The molecule has 0 aliphatic rings. The van der Waals surface area contributed by atoms with Gasteiger partial charge in [-0.15, -0.1) is 0 Å². The highest BCUT2D eigenvalue weighted by molar-refractivity contribution is 9.10. The Morgan fingerprint density at radius 2 is 2.21 bits per heavy atom. The van der Waals surface area contributed by atoms with Crippen molar-refractivity contribution in [2.75, 3.05) is 5.32 Å². The lowest BCUT2D eigenvalue weighted by Gasteiger charge is -2.14. The van der Waals surface area contributed by atoms with Crippen LogP contribution in [0.15, 0.2) is 43.0 Å². The van der Waals surface area contributed by atoms with Gasteiger partial charge in [0.2, 0.25) is 5.91 Å². The van der Waals surface area contributed by atoms with Crippen LogP contribution in [0.25, 0.3) is 5.69 Å². The molecule has 0 saturated carbocycles. The van der Waals surface area contributed by atoms with Gasteiger partial charge < -0.3 is 9.88 Å². The number of rotatable bonds is 4. The Labute approximate surface area is 121 Å². The number of aromatic nitrogens is 2. The number of benzene rings is 1. The highest BCUT2D eigenvalue weighted by Crippen LogP contribution is 2.18. The molecule has 1 amide bonds. The molecule has 4 nitrogen and oxygen atoms in total. The Balaban J connectivity index is 2.14. The number of nitrogens with zero attached hydrogens (tertiary/aromatic N) is 2. The molecular weight excluding hydrogens is 306 g/mol. The van der Waals surface area contributed by atoms with Crippen LogP contribution in [-0.2, 0) is 4.79 Å². The number of anilines is 1. The van der Waals surface area contributed by atoms with Crippen LogP contribution in [-0.4, -0.2) is 20.3 Å². The Kier molecular flexibility index (Phi) is 4.37. The number of imidazole rings is 1. The fourth-order valence-corrected chi connectivity index (χ4v) is 1.78. The van der Waals surface area contributed by atoms with E-state index in [0.29, 0.717) is 0 Å². The first-order valence-electron chi connectivity index (χ1n) is 6.11. The van der Waals surface area contributed by atoms with E-state index in [2.05, 4.69) is 26.2 Å². The van der Waals surface area contributed by atoms with Crippen LogP contribution < -0.4 is 5.32 Å². The molecule has 2 aromatic rings. The fraction of sp³-hybridized carbons (Fsp3) is 0.286. The van der Waals surface area contributed by atoms with Crippen molar-refractivity contribution < 1.29 is 4.79 Å². The van der Waals surface area contributed by atoms with Gasteiger partial charge in [0.1, 0.15) is 0 Å². The van der Waals surface area contributed by atoms with Gasteiger partial charge in [-0.3, -0.25) is 4.79 Å². The Hall–Kier alpha value is -1.62. The van der Waals surface area contributed by atoms with Crippen molar-refractivity contribution in [2.24, 2.45) is 5.92 Å². The van der Waals surface area contributed by atoms with Crippen molar-refractivity contribution in [1.29, 1.82) is 0 Å². The van der Waals surface area contributed by atoms with Crippen LogP contribution in [0, 0.1) is 5.92 Å². The van der Waals surface area contributed by atoms with E-state index in [0.717, 1.165) is 11.4 Å². The Morgan fingerprint density at radius 1 is 1.42 bits per heavy atom. The largest absolute Gasteiger partial charge is 0.325 e. The van der Waals surface area contributed by atoms with Gasteiger partial charge in [0.15, 0.2) is 0 Å². The first kappa shape index (κ1) is 13.8. The number of hydrogen-bond acceptors (Lipinski definition) is 2. The van der Waals surface area contributed by atoms with Crippen LogP contribution in [0.1, 0.15) is 13.8 Å². The molecule has 1 unspecified atom stereocenters. The molecule has 0 spiro atoms. The third kappa shape index (κ3) is 3.44. The number of amides is 1. The second-order valence-corrected chi connectivity index (χ2v) is 5.64. The van der Waals surface area contributed by atoms with Crippen LogP contribution in [0.4, 0.5) is 5.69 Å². The molecule has 0 fully saturated rings. The number of carbonyl (C=O) groups excluding carboxylic acids is 1. The third-order valence-electron chi connectivity index (χ3n) is 2.75. The minimum absolute atomic E-state index is 0.0298. The molecule has 1 aromatic carbocycles. The topological polar surface area (TPSA) is 46.9 Å². The summed E-state index contributed by atoms with van der Waals surface area (Å²) in [5.74, 6) is 0.217. The van der Waals surface area contributed by atoms with Gasteiger partial charge in [0, 0.05) is 23.8 Å². The van der Waals surface area contributed by atoms with Crippen LogP contribution >= 0.6 is 15.9 Å². The summed E-state index contributed by atoms with van der Waals surface area (Å²) in [4.78, 5) is 15.8. The Morgan fingerprint density at radius 3 is 2.84 bits per heavy atom. The fourth-order valence-electron chi connectivity index (χ4n) is 1.67. The van der Waals surface area contributed by atoms with E-state index >= 15 is 0 Å². The predicted molar refractivity (Wildman–Crippen MR) is 79.7 cm³/mol.